The van der Waals surface area contributed by atoms with Crippen LogP contribution >= 0.6 is 11.6 Å². The molecule has 5 heteroatoms. The Morgan fingerprint density at radius 3 is 2.78 bits per heavy atom. The highest BCUT2D eigenvalue weighted by molar-refractivity contribution is 6.33. The molecule has 1 aromatic carbocycles. The van der Waals surface area contributed by atoms with Gasteiger partial charge in [0.2, 0.25) is 0 Å². The SMILES string of the molecule is COC(=O)c1c(O)cc(C)c(Cl)c1OCC1CC1. The molecule has 0 aliphatic heterocycles. The average molecular weight is 271 g/mol. The van der Waals surface area contributed by atoms with Gasteiger partial charge in [-0.1, -0.05) is 11.6 Å². The molecule has 0 bridgehead atoms. The van der Waals surface area contributed by atoms with Gasteiger partial charge in [0.1, 0.15) is 11.3 Å². The number of carbonyl (C=O) groups excluding carboxylic acids is 1. The molecular weight excluding hydrogens is 256 g/mol. The van der Waals surface area contributed by atoms with Gasteiger partial charge in [-0.2, -0.15) is 0 Å². The monoisotopic (exact) mass is 270 g/mol. The molecule has 1 fully saturated rings. The minimum atomic E-state index is -0.653. The fourth-order valence-electron chi connectivity index (χ4n) is 1.67. The first-order valence-electron chi connectivity index (χ1n) is 5.77. The van der Waals surface area contributed by atoms with E-state index in [0.717, 1.165) is 12.8 Å². The molecule has 0 saturated heterocycles. The molecule has 1 aromatic rings. The fraction of sp³-hybridized carbons (Fsp3) is 0.462. The Morgan fingerprint density at radius 1 is 1.56 bits per heavy atom. The lowest BCUT2D eigenvalue weighted by atomic mass is 10.1. The second kappa shape index (κ2) is 5.06. The van der Waals surface area contributed by atoms with Gasteiger partial charge >= 0.3 is 5.97 Å². The van der Waals surface area contributed by atoms with Gasteiger partial charge in [-0.05, 0) is 37.3 Å². The number of phenols is 1. The van der Waals surface area contributed by atoms with E-state index in [1.807, 2.05) is 0 Å². The van der Waals surface area contributed by atoms with E-state index in [1.165, 1.54) is 13.2 Å². The van der Waals surface area contributed by atoms with E-state index >= 15 is 0 Å². The first-order valence-corrected chi connectivity index (χ1v) is 6.15. The van der Waals surface area contributed by atoms with Gasteiger partial charge in [-0.25, -0.2) is 4.79 Å². The number of phenolic OH excluding ortho intramolecular Hbond substituents is 1. The molecule has 98 valence electrons. The Kier molecular flexibility index (Phi) is 3.66. The van der Waals surface area contributed by atoms with Crippen molar-refractivity contribution in [2.75, 3.05) is 13.7 Å². The molecule has 0 radical (unpaired) electrons. The standard InChI is InChI=1S/C13H15ClO4/c1-7-5-9(15)10(13(16)17-2)12(11(7)14)18-6-8-3-4-8/h5,8,15H,3-4,6H2,1-2H3. The maximum absolute atomic E-state index is 11.7. The topological polar surface area (TPSA) is 55.8 Å². The summed E-state index contributed by atoms with van der Waals surface area (Å²) in [5.74, 6) is -0.0862. The van der Waals surface area contributed by atoms with E-state index in [0.29, 0.717) is 23.1 Å². The molecule has 0 unspecified atom stereocenters. The lowest BCUT2D eigenvalue weighted by Crippen LogP contribution is -2.09. The number of aryl methyl sites for hydroxylation is 1. The highest BCUT2D eigenvalue weighted by Gasteiger charge is 2.27. The van der Waals surface area contributed by atoms with Crippen LogP contribution in [-0.2, 0) is 4.74 Å². The third kappa shape index (κ3) is 2.53. The van der Waals surface area contributed by atoms with Crippen molar-refractivity contribution >= 4 is 17.6 Å². The summed E-state index contributed by atoms with van der Waals surface area (Å²) in [5, 5.41) is 10.2. The fourth-order valence-corrected chi connectivity index (χ4v) is 1.87. The normalized spacial score (nSPS) is 14.4. The van der Waals surface area contributed by atoms with Crippen molar-refractivity contribution in [2.24, 2.45) is 5.92 Å². The molecule has 0 spiro atoms. The summed E-state index contributed by atoms with van der Waals surface area (Å²) in [6.07, 6.45) is 2.26. The van der Waals surface area contributed by atoms with Crippen molar-refractivity contribution in [3.63, 3.8) is 0 Å². The molecule has 0 amide bonds. The van der Waals surface area contributed by atoms with E-state index < -0.39 is 5.97 Å². The van der Waals surface area contributed by atoms with Crippen molar-refractivity contribution in [1.29, 1.82) is 0 Å². The first kappa shape index (κ1) is 13.0. The smallest absolute Gasteiger partial charge is 0.345 e. The molecule has 1 aliphatic rings. The van der Waals surface area contributed by atoms with Gasteiger partial charge in [-0.15, -0.1) is 0 Å². The Bertz CT molecular complexity index is 480. The van der Waals surface area contributed by atoms with Crippen molar-refractivity contribution in [1.82, 2.24) is 0 Å². The maximum atomic E-state index is 11.7. The van der Waals surface area contributed by atoms with Crippen molar-refractivity contribution < 1.29 is 19.4 Å². The second-order valence-corrected chi connectivity index (χ2v) is 4.85. The van der Waals surface area contributed by atoms with Crippen LogP contribution in [0.4, 0.5) is 0 Å². The molecule has 1 N–H and O–H groups in total. The summed E-state index contributed by atoms with van der Waals surface area (Å²) < 4.78 is 10.2. The Morgan fingerprint density at radius 2 is 2.22 bits per heavy atom. The first-order chi connectivity index (χ1) is 8.54. The lowest BCUT2D eigenvalue weighted by molar-refractivity contribution is 0.0592. The minimum Gasteiger partial charge on any atom is -0.507 e. The Balaban J connectivity index is 2.39. The van der Waals surface area contributed by atoms with Crippen LogP contribution in [0, 0.1) is 12.8 Å². The van der Waals surface area contributed by atoms with Crippen LogP contribution in [0.3, 0.4) is 0 Å². The molecule has 4 nitrogen and oxygen atoms in total. The number of hydrogen-bond donors (Lipinski definition) is 1. The van der Waals surface area contributed by atoms with Gasteiger partial charge < -0.3 is 14.6 Å². The van der Waals surface area contributed by atoms with Crippen molar-refractivity contribution in [3.05, 3.63) is 22.2 Å². The molecule has 0 aromatic heterocycles. The number of carbonyl (C=O) groups is 1. The summed E-state index contributed by atoms with van der Waals surface area (Å²) in [6.45, 7) is 2.25. The number of ether oxygens (including phenoxy) is 2. The third-order valence-electron chi connectivity index (χ3n) is 2.93. The van der Waals surface area contributed by atoms with Crippen LogP contribution in [0.5, 0.6) is 11.5 Å². The van der Waals surface area contributed by atoms with E-state index in [2.05, 4.69) is 4.74 Å². The largest absolute Gasteiger partial charge is 0.507 e. The summed E-state index contributed by atoms with van der Waals surface area (Å²) in [7, 11) is 1.25. The highest BCUT2D eigenvalue weighted by atomic mass is 35.5. The number of aromatic hydroxyl groups is 1. The predicted molar refractivity (Wildman–Crippen MR) is 67.4 cm³/mol. The molecule has 18 heavy (non-hydrogen) atoms. The summed E-state index contributed by atoms with van der Waals surface area (Å²) in [4.78, 5) is 11.7. The van der Waals surface area contributed by atoms with Crippen LogP contribution in [-0.4, -0.2) is 24.8 Å². The highest BCUT2D eigenvalue weighted by Crippen LogP contribution is 2.39. The van der Waals surface area contributed by atoms with Gasteiger partial charge in [-0.3, -0.25) is 0 Å². The zero-order chi connectivity index (χ0) is 13.3. The number of hydrogen-bond acceptors (Lipinski definition) is 4. The number of halogens is 1. The van der Waals surface area contributed by atoms with Gasteiger partial charge in [0.05, 0.1) is 18.7 Å². The summed E-state index contributed by atoms with van der Waals surface area (Å²) in [6, 6.07) is 1.43. The number of methoxy groups -OCH3 is 1. The van der Waals surface area contributed by atoms with Gasteiger partial charge in [0.15, 0.2) is 5.75 Å². The zero-order valence-corrected chi connectivity index (χ0v) is 11.1. The van der Waals surface area contributed by atoms with Gasteiger partial charge in [0.25, 0.3) is 0 Å². The number of benzene rings is 1. The average Bonchev–Trinajstić information content (AvgIpc) is 3.15. The quantitative estimate of drug-likeness (QED) is 0.855. The van der Waals surface area contributed by atoms with E-state index in [9.17, 15) is 9.90 Å². The van der Waals surface area contributed by atoms with E-state index in [-0.39, 0.29) is 17.1 Å². The lowest BCUT2D eigenvalue weighted by Gasteiger charge is -2.14. The maximum Gasteiger partial charge on any atom is 0.345 e. The zero-order valence-electron chi connectivity index (χ0n) is 10.3. The molecule has 2 rings (SSSR count). The summed E-state index contributed by atoms with van der Waals surface area (Å²) >= 11 is 6.13. The molecule has 1 aliphatic carbocycles. The Labute approximate surface area is 110 Å². The number of esters is 1. The Hall–Kier alpha value is -1.42. The number of rotatable bonds is 4. The summed E-state index contributed by atoms with van der Waals surface area (Å²) in [5.41, 5.74) is 0.654. The predicted octanol–water partition coefficient (Wildman–Crippen LogP) is 2.93. The second-order valence-electron chi connectivity index (χ2n) is 4.48. The van der Waals surface area contributed by atoms with Crippen LogP contribution in [0.1, 0.15) is 28.8 Å². The van der Waals surface area contributed by atoms with Crippen LogP contribution in [0.2, 0.25) is 5.02 Å². The van der Waals surface area contributed by atoms with Crippen molar-refractivity contribution in [3.8, 4) is 11.5 Å². The molecule has 1 saturated carbocycles. The molecule has 0 heterocycles. The van der Waals surface area contributed by atoms with Crippen LogP contribution in [0.15, 0.2) is 6.07 Å². The molecule has 0 atom stereocenters. The van der Waals surface area contributed by atoms with E-state index in [4.69, 9.17) is 16.3 Å². The third-order valence-corrected chi connectivity index (χ3v) is 3.40. The molecular formula is C13H15ClO4. The van der Waals surface area contributed by atoms with Gasteiger partial charge in [0, 0.05) is 0 Å². The minimum absolute atomic E-state index is 0.00579. The van der Waals surface area contributed by atoms with Crippen LogP contribution < -0.4 is 4.74 Å². The van der Waals surface area contributed by atoms with E-state index in [1.54, 1.807) is 6.92 Å². The van der Waals surface area contributed by atoms with Crippen LogP contribution in [0.25, 0.3) is 0 Å². The van der Waals surface area contributed by atoms with Crippen molar-refractivity contribution in [2.45, 2.75) is 19.8 Å².